The van der Waals surface area contributed by atoms with Gasteiger partial charge in [0.05, 0.1) is 0 Å². The minimum Gasteiger partial charge on any atom is -0.624 e. The van der Waals surface area contributed by atoms with Gasteiger partial charge in [0.2, 0.25) is 0 Å². The van der Waals surface area contributed by atoms with E-state index in [0.29, 0.717) is 13.0 Å². The third kappa shape index (κ3) is 0.899. The molecule has 3 nitrogen and oxygen atoms in total. The molecule has 1 atom stereocenters. The summed E-state index contributed by atoms with van der Waals surface area (Å²) >= 11 is 0. The highest BCUT2D eigenvalue weighted by Crippen LogP contribution is 1.94. The van der Waals surface area contributed by atoms with Crippen LogP contribution in [-0.2, 0) is 0 Å². The maximum absolute atomic E-state index is 10.2. The Morgan fingerprint density at radius 2 is 2.57 bits per heavy atom. The molecule has 0 radical (unpaired) electrons. The summed E-state index contributed by atoms with van der Waals surface area (Å²) in [5.74, 6) is 0. The molecule has 0 spiro atoms. The predicted octanol–water partition coefficient (Wildman–Crippen LogP) is -0.668. The van der Waals surface area contributed by atoms with Crippen LogP contribution in [0, 0.1) is 5.21 Å². The standard InChI is InChI=1S/C4H7NO2/c6-4-1-2-5(7)3-4/h3-4,6H,1-2H2/t4-/m0/s1. The molecule has 0 amide bonds. The molecule has 1 N–H and O–H groups in total. The molecule has 7 heavy (non-hydrogen) atoms. The predicted molar refractivity (Wildman–Crippen MR) is 25.2 cm³/mol. The lowest BCUT2D eigenvalue weighted by atomic mass is 10.3. The van der Waals surface area contributed by atoms with Crippen molar-refractivity contribution in [2.24, 2.45) is 0 Å². The molecule has 0 bridgehead atoms. The van der Waals surface area contributed by atoms with Crippen LogP contribution in [0.15, 0.2) is 0 Å². The van der Waals surface area contributed by atoms with Crippen LogP contribution in [0.4, 0.5) is 0 Å². The number of aliphatic hydroxyl groups excluding tert-OH is 1. The zero-order valence-corrected chi connectivity index (χ0v) is 3.87. The first-order chi connectivity index (χ1) is 3.29. The first-order valence-electron chi connectivity index (χ1n) is 2.26. The minimum absolute atomic E-state index is 0.446. The van der Waals surface area contributed by atoms with E-state index >= 15 is 0 Å². The summed E-state index contributed by atoms with van der Waals surface area (Å²) in [5, 5.41) is 18.8. The van der Waals surface area contributed by atoms with Crippen LogP contribution in [0.25, 0.3) is 0 Å². The third-order valence-electron chi connectivity index (χ3n) is 0.984. The van der Waals surface area contributed by atoms with E-state index in [9.17, 15) is 5.21 Å². The number of hydrogen-bond donors (Lipinski definition) is 1. The molecule has 1 rings (SSSR count). The van der Waals surface area contributed by atoms with Gasteiger partial charge in [0.1, 0.15) is 6.10 Å². The van der Waals surface area contributed by atoms with Crippen molar-refractivity contribution in [2.45, 2.75) is 12.5 Å². The summed E-state index contributed by atoms with van der Waals surface area (Å²) < 4.78 is 0.755. The summed E-state index contributed by atoms with van der Waals surface area (Å²) in [6, 6.07) is 0. The van der Waals surface area contributed by atoms with E-state index < -0.39 is 6.10 Å². The summed E-state index contributed by atoms with van der Waals surface area (Å²) in [7, 11) is 0. The maximum atomic E-state index is 10.2. The van der Waals surface area contributed by atoms with E-state index in [1.807, 2.05) is 0 Å². The molecule has 0 aromatic heterocycles. The number of aliphatic hydroxyl groups is 1. The monoisotopic (exact) mass is 101 g/mol. The van der Waals surface area contributed by atoms with E-state index in [4.69, 9.17) is 5.11 Å². The zero-order valence-electron chi connectivity index (χ0n) is 3.87. The Balaban J connectivity index is 2.50. The second-order valence-corrected chi connectivity index (χ2v) is 1.65. The molecule has 0 fully saturated rings. The molecule has 1 aliphatic rings. The molecule has 0 unspecified atom stereocenters. The molecular weight excluding hydrogens is 94.0 g/mol. The third-order valence-corrected chi connectivity index (χ3v) is 0.984. The smallest absolute Gasteiger partial charge is 0.179 e. The molecular formula is C4H7NO2. The fourth-order valence-electron chi connectivity index (χ4n) is 0.601. The van der Waals surface area contributed by atoms with Crippen LogP contribution in [0.5, 0.6) is 0 Å². The lowest BCUT2D eigenvalue weighted by Gasteiger charge is -1.89. The van der Waals surface area contributed by atoms with Crippen LogP contribution in [0.2, 0.25) is 0 Å². The van der Waals surface area contributed by atoms with Crippen molar-refractivity contribution < 1.29 is 9.85 Å². The van der Waals surface area contributed by atoms with Crippen LogP contribution < -0.4 is 0 Å². The van der Waals surface area contributed by atoms with E-state index in [-0.39, 0.29) is 0 Å². The molecule has 3 heteroatoms. The minimum atomic E-state index is -0.488. The average molecular weight is 101 g/mol. The molecule has 0 aromatic rings. The van der Waals surface area contributed by atoms with Crippen molar-refractivity contribution in [1.29, 1.82) is 0 Å². The molecule has 0 saturated carbocycles. The van der Waals surface area contributed by atoms with Crippen LogP contribution in [-0.4, -0.2) is 28.7 Å². The van der Waals surface area contributed by atoms with Gasteiger partial charge in [0, 0.05) is 6.42 Å². The van der Waals surface area contributed by atoms with Crippen LogP contribution in [0.1, 0.15) is 6.42 Å². The SMILES string of the molecule is [O-][N+]1=C[C@@H](O)CC1. The van der Waals surface area contributed by atoms with E-state index in [0.717, 1.165) is 4.74 Å². The zero-order chi connectivity index (χ0) is 5.28. The Bertz CT molecular complexity index is 99.9. The molecule has 0 aromatic carbocycles. The van der Waals surface area contributed by atoms with Gasteiger partial charge < -0.3 is 10.3 Å². The fraction of sp³-hybridized carbons (Fsp3) is 0.750. The summed E-state index contributed by atoms with van der Waals surface area (Å²) in [6.45, 7) is 0.446. The number of hydrogen-bond acceptors (Lipinski definition) is 2. The first kappa shape index (κ1) is 4.59. The number of hydroxylamine groups is 1. The van der Waals surface area contributed by atoms with E-state index in [2.05, 4.69) is 0 Å². The van der Waals surface area contributed by atoms with Crippen molar-refractivity contribution in [3.63, 3.8) is 0 Å². The first-order valence-corrected chi connectivity index (χ1v) is 2.26. The number of rotatable bonds is 0. The summed E-state index contributed by atoms with van der Waals surface area (Å²) in [4.78, 5) is 0. The normalized spacial score (nSPS) is 30.4. The Morgan fingerprint density at radius 3 is 2.71 bits per heavy atom. The van der Waals surface area contributed by atoms with Gasteiger partial charge in [-0.05, 0) is 0 Å². The average Bonchev–Trinajstić information content (AvgIpc) is 1.87. The maximum Gasteiger partial charge on any atom is 0.179 e. The van der Waals surface area contributed by atoms with E-state index in [1.165, 1.54) is 6.21 Å². The van der Waals surface area contributed by atoms with Gasteiger partial charge in [-0.2, -0.15) is 0 Å². The highest BCUT2D eigenvalue weighted by molar-refractivity contribution is 5.58. The summed E-state index contributed by atoms with van der Waals surface area (Å²) in [6.07, 6.45) is 1.38. The highest BCUT2D eigenvalue weighted by atomic mass is 16.5. The van der Waals surface area contributed by atoms with Crippen molar-refractivity contribution in [2.75, 3.05) is 6.54 Å². The van der Waals surface area contributed by atoms with Gasteiger partial charge in [0.25, 0.3) is 0 Å². The molecule has 0 saturated heterocycles. The highest BCUT2D eigenvalue weighted by Gasteiger charge is 2.13. The lowest BCUT2D eigenvalue weighted by Crippen LogP contribution is -2.01. The van der Waals surface area contributed by atoms with Crippen LogP contribution in [0.3, 0.4) is 0 Å². The molecule has 0 aliphatic carbocycles. The number of nitrogens with zero attached hydrogens (tertiary/aromatic N) is 1. The van der Waals surface area contributed by atoms with Gasteiger partial charge in [0.15, 0.2) is 12.8 Å². The van der Waals surface area contributed by atoms with Gasteiger partial charge in [-0.25, -0.2) is 4.74 Å². The van der Waals surface area contributed by atoms with Gasteiger partial charge >= 0.3 is 0 Å². The molecule has 1 heterocycles. The van der Waals surface area contributed by atoms with Crippen molar-refractivity contribution >= 4 is 6.21 Å². The Labute approximate surface area is 41.5 Å². The largest absolute Gasteiger partial charge is 0.624 e. The van der Waals surface area contributed by atoms with Gasteiger partial charge in [-0.3, -0.25) is 0 Å². The van der Waals surface area contributed by atoms with E-state index in [1.54, 1.807) is 0 Å². The molecule has 1 aliphatic heterocycles. The Kier molecular flexibility index (Phi) is 0.982. The molecule has 40 valence electrons. The lowest BCUT2D eigenvalue weighted by molar-refractivity contribution is -0.443. The Hall–Kier alpha value is -0.570. The van der Waals surface area contributed by atoms with Crippen LogP contribution >= 0.6 is 0 Å². The van der Waals surface area contributed by atoms with Crippen molar-refractivity contribution in [3.05, 3.63) is 5.21 Å². The summed E-state index contributed by atoms with van der Waals surface area (Å²) in [5.41, 5.74) is 0. The Morgan fingerprint density at radius 1 is 1.86 bits per heavy atom. The second-order valence-electron chi connectivity index (χ2n) is 1.65. The topological polar surface area (TPSA) is 46.3 Å². The van der Waals surface area contributed by atoms with Crippen molar-refractivity contribution in [3.8, 4) is 0 Å². The van der Waals surface area contributed by atoms with Crippen molar-refractivity contribution in [1.82, 2.24) is 0 Å². The fourth-order valence-corrected chi connectivity index (χ4v) is 0.601. The second kappa shape index (κ2) is 1.50. The van der Waals surface area contributed by atoms with Gasteiger partial charge in [-0.1, -0.05) is 0 Å². The van der Waals surface area contributed by atoms with Gasteiger partial charge in [-0.15, -0.1) is 0 Å². The quantitative estimate of drug-likeness (QED) is 0.325.